The molecule has 0 amide bonds. The fourth-order valence-corrected chi connectivity index (χ4v) is 8.74. The molecule has 0 rings (SSSR count). The van der Waals surface area contributed by atoms with Crippen LogP contribution in [0.2, 0.25) is 0 Å². The normalized spacial score (nSPS) is 12.0. The highest BCUT2D eigenvalue weighted by molar-refractivity contribution is 5.70. The summed E-state index contributed by atoms with van der Waals surface area (Å²) in [7, 11) is 0. The van der Waals surface area contributed by atoms with E-state index in [-0.39, 0.29) is 25.2 Å². The van der Waals surface area contributed by atoms with Crippen molar-refractivity contribution in [1.29, 1.82) is 0 Å². The molecule has 1 N–H and O–H groups in total. The van der Waals surface area contributed by atoms with E-state index in [1.807, 2.05) is 0 Å². The van der Waals surface area contributed by atoms with Crippen molar-refractivity contribution in [2.24, 2.45) is 0 Å². The zero-order valence-corrected chi connectivity index (χ0v) is 41.0. The summed E-state index contributed by atoms with van der Waals surface area (Å²) in [4.78, 5) is 24.4. The van der Waals surface area contributed by atoms with Crippen LogP contribution in [0.25, 0.3) is 0 Å². The Morgan fingerprint density at radius 2 is 0.517 bits per heavy atom. The third kappa shape index (κ3) is 49.6. The van der Waals surface area contributed by atoms with E-state index in [4.69, 9.17) is 9.47 Å². The summed E-state index contributed by atoms with van der Waals surface area (Å²) in [6, 6.07) is 0. The Morgan fingerprint density at radius 1 is 0.317 bits per heavy atom. The molecule has 1 unspecified atom stereocenters. The molecule has 0 saturated heterocycles. The van der Waals surface area contributed by atoms with Crippen molar-refractivity contribution in [1.82, 2.24) is 0 Å². The molecule has 5 nitrogen and oxygen atoms in total. The van der Waals surface area contributed by atoms with Crippen LogP contribution >= 0.6 is 0 Å². The highest BCUT2D eigenvalue weighted by atomic mass is 16.6. The first kappa shape index (κ1) is 58.9. The van der Waals surface area contributed by atoms with Crippen LogP contribution in [0.3, 0.4) is 0 Å². The standard InChI is InChI=1S/C55H108O5/c1-3-5-7-9-11-13-15-17-18-19-20-21-22-23-24-25-26-27-28-29-30-31-32-33-34-35-36-38-40-42-44-46-48-50-55(58)60-53(51-56)52-59-54(57)49-47-45-43-41-39-37-16-14-12-10-8-6-4-2/h53,56H,3-52H2,1-2H3. The van der Waals surface area contributed by atoms with Gasteiger partial charge in [-0.15, -0.1) is 0 Å². The van der Waals surface area contributed by atoms with E-state index in [1.165, 1.54) is 263 Å². The second-order valence-corrected chi connectivity index (χ2v) is 19.0. The minimum Gasteiger partial charge on any atom is -0.462 e. The number of aliphatic hydroxyl groups is 1. The Balaban J connectivity index is 3.34. The monoisotopic (exact) mass is 849 g/mol. The van der Waals surface area contributed by atoms with Crippen LogP contribution in [0.5, 0.6) is 0 Å². The van der Waals surface area contributed by atoms with Gasteiger partial charge in [0.05, 0.1) is 6.61 Å². The van der Waals surface area contributed by atoms with Gasteiger partial charge in [0.2, 0.25) is 0 Å². The number of hydrogen-bond donors (Lipinski definition) is 1. The lowest BCUT2D eigenvalue weighted by Gasteiger charge is -2.15. The lowest BCUT2D eigenvalue weighted by atomic mass is 10.0. The van der Waals surface area contributed by atoms with Gasteiger partial charge in [-0.05, 0) is 12.8 Å². The van der Waals surface area contributed by atoms with E-state index >= 15 is 0 Å². The van der Waals surface area contributed by atoms with Crippen LogP contribution in [0.1, 0.15) is 322 Å². The average molecular weight is 849 g/mol. The molecule has 0 bridgehead atoms. The highest BCUT2D eigenvalue weighted by Gasteiger charge is 2.16. The van der Waals surface area contributed by atoms with Gasteiger partial charge >= 0.3 is 11.9 Å². The molecule has 0 aliphatic rings. The van der Waals surface area contributed by atoms with Gasteiger partial charge in [-0.2, -0.15) is 0 Å². The Bertz CT molecular complexity index is 830. The molecule has 0 aromatic heterocycles. The Labute approximate surface area is 376 Å². The molecule has 5 heteroatoms. The number of carbonyl (C=O) groups is 2. The lowest BCUT2D eigenvalue weighted by Crippen LogP contribution is -2.28. The van der Waals surface area contributed by atoms with Crippen molar-refractivity contribution in [2.45, 2.75) is 328 Å². The Hall–Kier alpha value is -1.10. The molecular weight excluding hydrogens is 741 g/mol. The van der Waals surface area contributed by atoms with E-state index in [1.54, 1.807) is 0 Å². The lowest BCUT2D eigenvalue weighted by molar-refractivity contribution is -0.161. The topological polar surface area (TPSA) is 72.8 Å². The first-order chi connectivity index (χ1) is 29.6. The first-order valence-corrected chi connectivity index (χ1v) is 27.6. The van der Waals surface area contributed by atoms with Gasteiger partial charge < -0.3 is 14.6 Å². The molecular formula is C55H108O5. The van der Waals surface area contributed by atoms with Crippen molar-refractivity contribution in [3.05, 3.63) is 0 Å². The maximum Gasteiger partial charge on any atom is 0.306 e. The second-order valence-electron chi connectivity index (χ2n) is 19.0. The summed E-state index contributed by atoms with van der Waals surface area (Å²) in [5.41, 5.74) is 0. The van der Waals surface area contributed by atoms with Crippen molar-refractivity contribution >= 4 is 11.9 Å². The summed E-state index contributed by atoms with van der Waals surface area (Å²) >= 11 is 0. The first-order valence-electron chi connectivity index (χ1n) is 27.6. The number of carbonyl (C=O) groups excluding carboxylic acids is 2. The molecule has 0 spiro atoms. The summed E-state index contributed by atoms with van der Waals surface area (Å²) in [5.74, 6) is -0.568. The maximum absolute atomic E-state index is 12.3. The predicted octanol–water partition coefficient (Wildman–Crippen LogP) is 18.2. The third-order valence-corrected chi connectivity index (χ3v) is 12.9. The van der Waals surface area contributed by atoms with E-state index in [0.29, 0.717) is 12.8 Å². The van der Waals surface area contributed by atoms with Crippen LogP contribution in [0, 0.1) is 0 Å². The van der Waals surface area contributed by atoms with Gasteiger partial charge in [-0.25, -0.2) is 0 Å². The average Bonchev–Trinajstić information content (AvgIpc) is 3.25. The summed E-state index contributed by atoms with van der Waals surface area (Å²) in [5, 5.41) is 9.61. The molecule has 0 heterocycles. The van der Waals surface area contributed by atoms with E-state index in [2.05, 4.69) is 13.8 Å². The smallest absolute Gasteiger partial charge is 0.306 e. The van der Waals surface area contributed by atoms with Crippen LogP contribution < -0.4 is 0 Å². The SMILES string of the molecule is CCCCCCCCCCCCCCCCCCCCCCCCCCCCCCCCCCCC(=O)OC(CO)COC(=O)CCCCCCCCCCCCCCC. The Kier molecular flexibility index (Phi) is 51.3. The number of ether oxygens (including phenoxy) is 2. The third-order valence-electron chi connectivity index (χ3n) is 12.9. The van der Waals surface area contributed by atoms with Crippen LogP contribution in [0.4, 0.5) is 0 Å². The fourth-order valence-electron chi connectivity index (χ4n) is 8.74. The van der Waals surface area contributed by atoms with Gasteiger partial charge in [-0.1, -0.05) is 296 Å². The van der Waals surface area contributed by atoms with Crippen molar-refractivity contribution in [3.63, 3.8) is 0 Å². The van der Waals surface area contributed by atoms with E-state index in [0.717, 1.165) is 32.1 Å². The molecule has 0 aliphatic carbocycles. The highest BCUT2D eigenvalue weighted by Crippen LogP contribution is 2.18. The fraction of sp³-hybridized carbons (Fsp3) is 0.964. The van der Waals surface area contributed by atoms with Gasteiger partial charge in [-0.3, -0.25) is 9.59 Å². The minimum atomic E-state index is -0.763. The zero-order valence-electron chi connectivity index (χ0n) is 41.0. The second kappa shape index (κ2) is 52.2. The number of unbranched alkanes of at least 4 members (excludes halogenated alkanes) is 44. The quantitative estimate of drug-likeness (QED) is 0.0488. The van der Waals surface area contributed by atoms with Gasteiger partial charge in [0.1, 0.15) is 6.61 Å². The maximum atomic E-state index is 12.3. The van der Waals surface area contributed by atoms with Crippen molar-refractivity contribution in [3.8, 4) is 0 Å². The van der Waals surface area contributed by atoms with Gasteiger partial charge in [0.25, 0.3) is 0 Å². The van der Waals surface area contributed by atoms with Crippen molar-refractivity contribution < 1.29 is 24.2 Å². The predicted molar refractivity (Wildman–Crippen MR) is 261 cm³/mol. The molecule has 358 valence electrons. The molecule has 60 heavy (non-hydrogen) atoms. The van der Waals surface area contributed by atoms with Gasteiger partial charge in [0.15, 0.2) is 6.10 Å². The Morgan fingerprint density at radius 3 is 0.733 bits per heavy atom. The molecule has 0 aromatic carbocycles. The van der Waals surface area contributed by atoms with Crippen LogP contribution in [-0.4, -0.2) is 36.4 Å². The number of rotatable bonds is 52. The molecule has 0 fully saturated rings. The molecule has 1 atom stereocenters. The zero-order chi connectivity index (χ0) is 43.5. The largest absolute Gasteiger partial charge is 0.462 e. The minimum absolute atomic E-state index is 0.0564. The summed E-state index contributed by atoms with van der Waals surface area (Å²) < 4.78 is 10.7. The molecule has 0 radical (unpaired) electrons. The van der Waals surface area contributed by atoms with Gasteiger partial charge in [0, 0.05) is 12.8 Å². The molecule has 0 aliphatic heterocycles. The molecule has 0 aromatic rings. The van der Waals surface area contributed by atoms with Crippen LogP contribution in [0.15, 0.2) is 0 Å². The number of hydrogen-bond acceptors (Lipinski definition) is 5. The van der Waals surface area contributed by atoms with Crippen LogP contribution in [-0.2, 0) is 19.1 Å². The summed E-state index contributed by atoms with van der Waals surface area (Å²) in [6.45, 7) is 4.19. The molecule has 0 saturated carbocycles. The van der Waals surface area contributed by atoms with Crippen molar-refractivity contribution in [2.75, 3.05) is 13.2 Å². The van der Waals surface area contributed by atoms with E-state index < -0.39 is 6.10 Å². The number of aliphatic hydroxyl groups excluding tert-OH is 1. The summed E-state index contributed by atoms with van der Waals surface area (Å²) in [6.07, 6.45) is 62.4. The van der Waals surface area contributed by atoms with E-state index in [9.17, 15) is 14.7 Å². The number of esters is 2.